The second-order valence-electron chi connectivity index (χ2n) is 8.60. The van der Waals surface area contributed by atoms with Gasteiger partial charge < -0.3 is 4.42 Å². The molecule has 1 aliphatic heterocycles. The van der Waals surface area contributed by atoms with Crippen LogP contribution in [-0.2, 0) is 21.4 Å². The van der Waals surface area contributed by atoms with E-state index in [-0.39, 0.29) is 36.4 Å². The van der Waals surface area contributed by atoms with E-state index >= 15 is 0 Å². The summed E-state index contributed by atoms with van der Waals surface area (Å²) in [5.41, 5.74) is 1.97. The summed E-state index contributed by atoms with van der Waals surface area (Å²) >= 11 is 7.38. The van der Waals surface area contributed by atoms with Crippen molar-refractivity contribution in [3.8, 4) is 0 Å². The molecule has 182 valence electrons. The highest BCUT2D eigenvalue weighted by atomic mass is 35.5. The maximum Gasteiger partial charge on any atom is 0.243 e. The topological polar surface area (TPSA) is 83.7 Å². The number of carbonyl (C=O) groups is 1. The molecule has 3 heterocycles. The Hall–Kier alpha value is -2.72. The van der Waals surface area contributed by atoms with Crippen molar-refractivity contribution in [2.24, 2.45) is 5.92 Å². The maximum atomic E-state index is 13.7. The first kappa shape index (κ1) is 24.0. The average molecular weight is 530 g/mol. The van der Waals surface area contributed by atoms with E-state index in [9.17, 15) is 13.2 Å². The number of benzene rings is 2. The van der Waals surface area contributed by atoms with Gasteiger partial charge in [0.05, 0.1) is 27.9 Å². The van der Waals surface area contributed by atoms with E-state index in [4.69, 9.17) is 21.0 Å². The molecule has 35 heavy (non-hydrogen) atoms. The number of nitrogens with zero attached hydrogens (tertiary/aromatic N) is 3. The minimum Gasteiger partial charge on any atom is -0.467 e. The lowest BCUT2D eigenvalue weighted by atomic mass is 9.96. The zero-order valence-electron chi connectivity index (χ0n) is 19.1. The fourth-order valence-electron chi connectivity index (χ4n) is 4.25. The van der Waals surface area contributed by atoms with Gasteiger partial charge in [0.15, 0.2) is 5.13 Å². The Kier molecular flexibility index (Phi) is 6.67. The van der Waals surface area contributed by atoms with Gasteiger partial charge in [-0.2, -0.15) is 4.31 Å². The third-order valence-corrected chi connectivity index (χ3v) is 9.38. The Bertz CT molecular complexity index is 1440. The molecule has 0 atom stereocenters. The number of piperidine rings is 1. The number of halogens is 1. The maximum absolute atomic E-state index is 13.7. The first-order valence-electron chi connectivity index (χ1n) is 11.3. The van der Waals surface area contributed by atoms with Crippen LogP contribution in [0, 0.1) is 12.8 Å². The number of hydrogen-bond donors (Lipinski definition) is 0. The lowest BCUT2D eigenvalue weighted by Crippen LogP contribution is -2.44. The molecule has 0 bridgehead atoms. The van der Waals surface area contributed by atoms with Crippen molar-refractivity contribution in [1.82, 2.24) is 9.29 Å². The fraction of sp³-hybridized carbons (Fsp3) is 0.280. The van der Waals surface area contributed by atoms with Crippen LogP contribution in [0.4, 0.5) is 5.13 Å². The summed E-state index contributed by atoms with van der Waals surface area (Å²) in [5, 5.41) is 1.10. The Morgan fingerprint density at radius 3 is 2.60 bits per heavy atom. The van der Waals surface area contributed by atoms with E-state index in [1.165, 1.54) is 27.8 Å². The third-order valence-electron chi connectivity index (χ3n) is 6.18. The zero-order valence-corrected chi connectivity index (χ0v) is 21.4. The van der Waals surface area contributed by atoms with Crippen LogP contribution in [0.1, 0.15) is 24.2 Å². The second kappa shape index (κ2) is 9.73. The van der Waals surface area contributed by atoms with Gasteiger partial charge in [0.1, 0.15) is 5.76 Å². The molecule has 4 aromatic rings. The van der Waals surface area contributed by atoms with Crippen LogP contribution in [0.3, 0.4) is 0 Å². The van der Waals surface area contributed by atoms with E-state index in [1.807, 2.05) is 25.1 Å². The molecular weight excluding hydrogens is 506 g/mol. The number of sulfonamides is 1. The van der Waals surface area contributed by atoms with Crippen molar-refractivity contribution in [2.45, 2.75) is 31.2 Å². The van der Waals surface area contributed by atoms with Gasteiger partial charge in [-0.15, -0.1) is 0 Å². The van der Waals surface area contributed by atoms with E-state index in [2.05, 4.69) is 6.07 Å². The number of hydrogen-bond acceptors (Lipinski definition) is 6. The van der Waals surface area contributed by atoms with Gasteiger partial charge in [-0.3, -0.25) is 9.69 Å². The molecule has 0 aliphatic carbocycles. The standard InChI is InChI=1S/C25H24ClN3O4S2/c1-17-4-9-22-23(15-17)34-25(27-22)29(16-20-3-2-14-33-20)24(30)18-10-12-28(13-11-18)35(31,32)21-7-5-19(26)6-8-21/h2-9,14-15,18H,10-13,16H2,1H3. The number of carbonyl (C=O) groups excluding carboxylic acids is 1. The largest absolute Gasteiger partial charge is 0.467 e. The van der Waals surface area contributed by atoms with Crippen LogP contribution >= 0.6 is 22.9 Å². The van der Waals surface area contributed by atoms with Crippen molar-refractivity contribution in [3.63, 3.8) is 0 Å². The average Bonchev–Trinajstić information content (AvgIpc) is 3.52. The Morgan fingerprint density at radius 2 is 1.91 bits per heavy atom. The smallest absolute Gasteiger partial charge is 0.243 e. The predicted molar refractivity (Wildman–Crippen MR) is 137 cm³/mol. The molecule has 1 saturated heterocycles. The molecule has 0 spiro atoms. The molecule has 5 rings (SSSR count). The van der Waals surface area contributed by atoms with Crippen LogP contribution in [0.2, 0.25) is 5.02 Å². The number of aromatic nitrogens is 1. The second-order valence-corrected chi connectivity index (χ2v) is 12.0. The van der Waals surface area contributed by atoms with Crippen molar-refractivity contribution < 1.29 is 17.6 Å². The lowest BCUT2D eigenvalue weighted by molar-refractivity contribution is -0.123. The van der Waals surface area contributed by atoms with Gasteiger partial charge in [0.2, 0.25) is 15.9 Å². The number of thiazole rings is 1. The van der Waals surface area contributed by atoms with Gasteiger partial charge in [0.25, 0.3) is 0 Å². The van der Waals surface area contributed by atoms with E-state index in [1.54, 1.807) is 29.4 Å². The molecule has 2 aromatic heterocycles. The van der Waals surface area contributed by atoms with Crippen molar-refractivity contribution in [1.29, 1.82) is 0 Å². The van der Waals surface area contributed by atoms with Crippen LogP contribution in [0.25, 0.3) is 10.2 Å². The van der Waals surface area contributed by atoms with E-state index < -0.39 is 10.0 Å². The number of amides is 1. The number of fused-ring (bicyclic) bond motifs is 1. The number of furan rings is 1. The van der Waals surface area contributed by atoms with Crippen LogP contribution in [0.5, 0.6) is 0 Å². The molecule has 0 radical (unpaired) electrons. The van der Waals surface area contributed by atoms with Gasteiger partial charge in [-0.1, -0.05) is 29.0 Å². The van der Waals surface area contributed by atoms with Crippen molar-refractivity contribution in [2.75, 3.05) is 18.0 Å². The predicted octanol–water partition coefficient (Wildman–Crippen LogP) is 5.49. The molecule has 0 saturated carbocycles. The third kappa shape index (κ3) is 4.99. The van der Waals surface area contributed by atoms with Crippen molar-refractivity contribution >= 4 is 54.2 Å². The SMILES string of the molecule is Cc1ccc2nc(N(Cc3ccco3)C(=O)C3CCN(S(=O)(=O)c4ccc(Cl)cc4)CC3)sc2c1. The minimum atomic E-state index is -3.64. The van der Waals surface area contributed by atoms with Crippen LogP contribution < -0.4 is 4.90 Å². The molecule has 1 amide bonds. The van der Waals surface area contributed by atoms with Crippen molar-refractivity contribution in [3.05, 3.63) is 77.2 Å². The molecule has 1 aliphatic rings. The Labute approximate surface area is 213 Å². The first-order valence-corrected chi connectivity index (χ1v) is 13.9. The van der Waals surface area contributed by atoms with E-state index in [0.29, 0.717) is 28.8 Å². The normalized spacial score (nSPS) is 15.5. The summed E-state index contributed by atoms with van der Waals surface area (Å²) < 4.78 is 34.0. The summed E-state index contributed by atoms with van der Waals surface area (Å²) in [6.07, 6.45) is 2.45. The summed E-state index contributed by atoms with van der Waals surface area (Å²) in [6, 6.07) is 15.8. The highest BCUT2D eigenvalue weighted by Gasteiger charge is 2.35. The summed E-state index contributed by atoms with van der Waals surface area (Å²) in [7, 11) is -3.64. The molecule has 0 N–H and O–H groups in total. The Balaban J connectivity index is 1.35. The van der Waals surface area contributed by atoms with Gasteiger partial charge in [-0.05, 0) is 73.9 Å². The Morgan fingerprint density at radius 1 is 1.17 bits per heavy atom. The molecular formula is C25H24ClN3O4S2. The summed E-state index contributed by atoms with van der Waals surface area (Å²) in [4.78, 5) is 20.3. The highest BCUT2D eigenvalue weighted by Crippen LogP contribution is 2.33. The van der Waals surface area contributed by atoms with Crippen LogP contribution in [-0.4, -0.2) is 36.7 Å². The molecule has 7 nitrogen and oxygen atoms in total. The monoisotopic (exact) mass is 529 g/mol. The number of rotatable bonds is 6. The van der Waals surface area contributed by atoms with Gasteiger partial charge in [-0.25, -0.2) is 13.4 Å². The fourth-order valence-corrected chi connectivity index (χ4v) is 6.92. The summed E-state index contributed by atoms with van der Waals surface area (Å²) in [6.45, 7) is 2.84. The first-order chi connectivity index (χ1) is 16.8. The molecule has 1 fully saturated rings. The lowest BCUT2D eigenvalue weighted by Gasteiger charge is -2.32. The van der Waals surface area contributed by atoms with Crippen LogP contribution in [0.15, 0.2) is 70.2 Å². The summed E-state index contributed by atoms with van der Waals surface area (Å²) in [5.74, 6) is 0.285. The number of aryl methyl sites for hydroxylation is 1. The quantitative estimate of drug-likeness (QED) is 0.330. The number of anilines is 1. The zero-order chi connectivity index (χ0) is 24.6. The van der Waals surface area contributed by atoms with E-state index in [0.717, 1.165) is 15.8 Å². The molecule has 2 aromatic carbocycles. The van der Waals surface area contributed by atoms with Gasteiger partial charge >= 0.3 is 0 Å². The minimum absolute atomic E-state index is 0.0688. The molecule has 10 heteroatoms. The highest BCUT2D eigenvalue weighted by molar-refractivity contribution is 7.89. The molecule has 0 unspecified atom stereocenters. The van der Waals surface area contributed by atoms with Gasteiger partial charge in [0, 0.05) is 24.0 Å².